The van der Waals surface area contributed by atoms with Gasteiger partial charge < -0.3 is 25.6 Å². The summed E-state index contributed by atoms with van der Waals surface area (Å²) in [6, 6.07) is 37.1. The number of para-hydroxylation sites is 4. The molecule has 2 aromatic heterocycles. The van der Waals surface area contributed by atoms with Gasteiger partial charge in [-0.1, -0.05) is 119 Å². The number of carbonyl (C=O) groups is 2. The van der Waals surface area contributed by atoms with Crippen molar-refractivity contribution in [3.8, 4) is 0 Å². The number of rotatable bonds is 16. The number of Topliss-reactive ketones (excluding diaryl/α,β-unsaturated/α-hetero) is 1. The van der Waals surface area contributed by atoms with Crippen molar-refractivity contribution >= 4 is 80.5 Å². The fourth-order valence-electron chi connectivity index (χ4n) is 7.13. The van der Waals surface area contributed by atoms with Gasteiger partial charge >= 0.3 is 0 Å². The molecule has 0 unspecified atom stereocenters. The normalized spacial score (nSPS) is 14.1. The minimum atomic E-state index is -0.0850. The number of nitrogens with zero attached hydrogens (tertiary/aromatic N) is 3. The van der Waals surface area contributed by atoms with Crippen LogP contribution < -0.4 is 30.0 Å². The van der Waals surface area contributed by atoms with E-state index in [2.05, 4.69) is 125 Å². The number of carbonyl (C=O) groups excluding carboxylic acids is 2. The summed E-state index contributed by atoms with van der Waals surface area (Å²) < 4.78 is 9.71. The molecule has 2 aliphatic rings. The molecule has 0 radical (unpaired) electrons. The Balaban J connectivity index is 0.00000242. The van der Waals surface area contributed by atoms with E-state index in [1.165, 1.54) is 20.5 Å². The molecule has 1 amide bonds. The summed E-state index contributed by atoms with van der Waals surface area (Å²) in [6.07, 6.45) is 16.5. The Morgan fingerprint density at radius 3 is 1.98 bits per heavy atom. The molecule has 0 bridgehead atoms. The molecule has 8 rings (SSSR count). The highest BCUT2D eigenvalue weighted by Crippen LogP contribution is 2.44. The summed E-state index contributed by atoms with van der Waals surface area (Å²) in [7, 11) is 2.09. The lowest BCUT2D eigenvalue weighted by molar-refractivity contribution is -0.658. The number of aromatic nitrogens is 2. The van der Waals surface area contributed by atoms with Gasteiger partial charge in [0.15, 0.2) is 12.4 Å². The zero-order valence-corrected chi connectivity index (χ0v) is 34.5. The van der Waals surface area contributed by atoms with Crippen LogP contribution in [0.3, 0.4) is 0 Å². The number of ketones is 1. The molecule has 2 aliphatic heterocycles. The standard InChI is InChI=1S/C48H44N6O3S2.3CH4/c1-52-43-19-7-9-21-45(43)59-48(52)23-11-13-36-24-28-53(41-17-5-2-14-38(36)41)33-37(55)32-49-26-30-57-31-27-50-46(56)34-54-29-25-35(39-15-3-6-18-42(39)54)12-10-22-47-51-40-16-4-8-20-44(40)58-47;;;/h2-25,28-29,49H,26-27,30-34H2,1H3;3*1H4/p+2. The Labute approximate surface area is 375 Å². The van der Waals surface area contributed by atoms with Crippen LogP contribution in [0.15, 0.2) is 166 Å². The minimum absolute atomic E-state index is 0. The van der Waals surface area contributed by atoms with E-state index < -0.39 is 0 Å². The number of hydrogen-bond acceptors (Lipinski definition) is 8. The van der Waals surface area contributed by atoms with Gasteiger partial charge in [-0.05, 0) is 59.7 Å². The highest BCUT2D eigenvalue weighted by Gasteiger charge is 2.21. The van der Waals surface area contributed by atoms with Crippen LogP contribution in [0.2, 0.25) is 0 Å². The molecule has 3 N–H and O–H groups in total. The maximum atomic E-state index is 13.0. The Bertz CT molecular complexity index is 2610. The number of pyridine rings is 2. The van der Waals surface area contributed by atoms with Crippen molar-refractivity contribution in [2.75, 3.05) is 50.1 Å². The average molecular weight is 867 g/mol. The van der Waals surface area contributed by atoms with Crippen LogP contribution in [0.25, 0.3) is 34.0 Å². The van der Waals surface area contributed by atoms with Crippen LogP contribution in [0, 0.1) is 0 Å². The van der Waals surface area contributed by atoms with E-state index >= 15 is 0 Å². The maximum absolute atomic E-state index is 13.0. The van der Waals surface area contributed by atoms with Crippen molar-refractivity contribution in [1.29, 1.82) is 0 Å². The fraction of sp³-hybridized carbons (Fsp3) is 0.216. The van der Waals surface area contributed by atoms with E-state index in [1.54, 1.807) is 23.5 Å². The lowest BCUT2D eigenvalue weighted by atomic mass is 10.1. The van der Waals surface area contributed by atoms with Crippen LogP contribution in [-0.2, 0) is 27.4 Å². The number of nitrogens with one attached hydrogen (secondary N) is 3. The van der Waals surface area contributed by atoms with Gasteiger partial charge in [0.1, 0.15) is 0 Å². The molecular formula is C51H58N6O3S2+2. The van der Waals surface area contributed by atoms with E-state index in [0.717, 1.165) is 43.6 Å². The van der Waals surface area contributed by atoms with Gasteiger partial charge in [-0.3, -0.25) is 9.59 Å². The molecule has 4 heterocycles. The number of thioether (sulfide) groups is 2. The third-order valence-electron chi connectivity index (χ3n) is 10.1. The molecule has 0 fully saturated rings. The van der Waals surface area contributed by atoms with Crippen molar-refractivity contribution in [2.24, 2.45) is 0 Å². The number of benzene rings is 4. The predicted molar refractivity (Wildman–Crippen MR) is 261 cm³/mol. The van der Waals surface area contributed by atoms with Gasteiger partial charge in [-0.25, -0.2) is 0 Å². The molecule has 0 atom stereocenters. The topological polar surface area (TPSA) is 90.5 Å². The number of ether oxygens (including phenoxy) is 1. The second-order valence-corrected chi connectivity index (χ2v) is 16.3. The number of amides is 1. The van der Waals surface area contributed by atoms with E-state index in [0.29, 0.717) is 26.3 Å². The lowest BCUT2D eigenvalue weighted by Crippen LogP contribution is -2.44. The van der Waals surface area contributed by atoms with Crippen LogP contribution in [0.4, 0.5) is 11.4 Å². The largest absolute Gasteiger partial charge is 0.378 e. The van der Waals surface area contributed by atoms with Crippen molar-refractivity contribution in [3.05, 3.63) is 167 Å². The van der Waals surface area contributed by atoms with Gasteiger partial charge in [0.05, 0.1) is 52.0 Å². The van der Waals surface area contributed by atoms with E-state index in [9.17, 15) is 9.59 Å². The molecule has 0 saturated heterocycles. The molecule has 11 heteroatoms. The molecule has 4 aromatic carbocycles. The van der Waals surface area contributed by atoms with Crippen molar-refractivity contribution in [3.63, 3.8) is 0 Å². The molecule has 320 valence electrons. The smallest absolute Gasteiger partial charge is 0.286 e. The molecule has 6 aromatic rings. The zero-order chi connectivity index (χ0) is 40.4. The number of fused-ring (bicyclic) bond motifs is 4. The summed E-state index contributed by atoms with van der Waals surface area (Å²) in [4.78, 5) is 30.5. The van der Waals surface area contributed by atoms with Gasteiger partial charge in [0, 0.05) is 54.2 Å². The third kappa shape index (κ3) is 11.5. The molecule has 62 heavy (non-hydrogen) atoms. The van der Waals surface area contributed by atoms with Gasteiger partial charge in [-0.2, -0.15) is 9.13 Å². The predicted octanol–water partition coefficient (Wildman–Crippen LogP) is 9.64. The molecule has 0 aliphatic carbocycles. The quantitative estimate of drug-likeness (QED) is 0.0655. The SMILES string of the molecule is C.C.C.CN1C(=CC=Cc2cc[n+](CC(=O)CNCCOCCNC(=O)C[n+]3ccc(C=CC=C4Nc5ccccc5S4)c4ccccc43)c3ccccc23)Sc2ccccc21. The average Bonchev–Trinajstić information content (AvgIpc) is 3.83. The Morgan fingerprint density at radius 1 is 0.694 bits per heavy atom. The molecule has 0 saturated carbocycles. The van der Waals surface area contributed by atoms with Crippen LogP contribution in [0.1, 0.15) is 33.4 Å². The molecule has 0 spiro atoms. The monoisotopic (exact) mass is 866 g/mol. The summed E-state index contributed by atoms with van der Waals surface area (Å²) in [6.45, 7) is 2.47. The number of allylic oxidation sites excluding steroid dienone is 4. The van der Waals surface area contributed by atoms with Crippen molar-refractivity contribution < 1.29 is 23.5 Å². The Morgan fingerprint density at radius 2 is 1.29 bits per heavy atom. The Hall–Kier alpha value is -5.98. The third-order valence-corrected chi connectivity index (χ3v) is 12.3. The summed E-state index contributed by atoms with van der Waals surface area (Å²) in [5.41, 5.74) is 6.52. The van der Waals surface area contributed by atoms with Gasteiger partial charge in [0.2, 0.25) is 29.9 Å². The maximum Gasteiger partial charge on any atom is 0.286 e. The minimum Gasteiger partial charge on any atom is -0.378 e. The highest BCUT2D eigenvalue weighted by atomic mass is 32.2. The van der Waals surface area contributed by atoms with Gasteiger partial charge in [0.25, 0.3) is 5.91 Å². The first-order valence-corrected chi connectivity index (χ1v) is 21.3. The second-order valence-electron chi connectivity index (χ2n) is 14.1. The summed E-state index contributed by atoms with van der Waals surface area (Å²) in [5.74, 6) is -0.00214. The van der Waals surface area contributed by atoms with E-state index in [1.807, 2.05) is 70.1 Å². The summed E-state index contributed by atoms with van der Waals surface area (Å²) >= 11 is 3.49. The van der Waals surface area contributed by atoms with Gasteiger partial charge in [-0.15, -0.1) is 0 Å². The molecular weight excluding hydrogens is 809 g/mol. The Kier molecular flexibility index (Phi) is 17.3. The highest BCUT2D eigenvalue weighted by molar-refractivity contribution is 8.04. The van der Waals surface area contributed by atoms with Crippen LogP contribution in [0.5, 0.6) is 0 Å². The first kappa shape index (κ1) is 47.1. The van der Waals surface area contributed by atoms with Crippen molar-refractivity contribution in [2.45, 2.75) is 45.2 Å². The van der Waals surface area contributed by atoms with Crippen molar-refractivity contribution in [1.82, 2.24) is 10.6 Å². The number of anilines is 2. The first-order chi connectivity index (χ1) is 29.0. The van der Waals surface area contributed by atoms with E-state index in [-0.39, 0.29) is 53.6 Å². The van der Waals surface area contributed by atoms with E-state index in [4.69, 9.17) is 4.74 Å². The fourth-order valence-corrected chi connectivity index (χ4v) is 9.11. The molecule has 9 nitrogen and oxygen atoms in total. The number of hydrogen-bond donors (Lipinski definition) is 3. The van der Waals surface area contributed by atoms with Crippen LogP contribution >= 0.6 is 23.5 Å². The second kappa shape index (κ2) is 22.7. The van der Waals surface area contributed by atoms with Crippen LogP contribution in [-0.4, -0.2) is 51.6 Å². The lowest BCUT2D eigenvalue weighted by Gasteiger charge is -2.12. The zero-order valence-electron chi connectivity index (χ0n) is 32.8. The first-order valence-electron chi connectivity index (χ1n) is 19.7. The summed E-state index contributed by atoms with van der Waals surface area (Å²) in [5, 5.41) is 14.0.